The molecule has 98 valence electrons. The summed E-state index contributed by atoms with van der Waals surface area (Å²) in [6.07, 6.45) is 0.880. The third-order valence-electron chi connectivity index (χ3n) is 2.40. The number of carboxylic acid groups (broad SMARTS) is 1. The Balaban J connectivity index is 2.60. The first kappa shape index (κ1) is 14.0. The van der Waals surface area contributed by atoms with Crippen molar-refractivity contribution in [2.24, 2.45) is 0 Å². The number of hydrogen-bond acceptors (Lipinski definition) is 3. The number of nitrogens with one attached hydrogen (secondary N) is 1. The van der Waals surface area contributed by atoms with Gasteiger partial charge in [-0.1, -0.05) is 19.1 Å². The van der Waals surface area contributed by atoms with Crippen molar-refractivity contribution in [3.8, 4) is 5.75 Å². The van der Waals surface area contributed by atoms with Gasteiger partial charge in [-0.3, -0.25) is 4.79 Å². The number of carbonyl (C=O) groups excluding carboxylic acids is 1. The Kier molecular flexibility index (Phi) is 5.17. The van der Waals surface area contributed by atoms with Gasteiger partial charge in [0.15, 0.2) is 6.04 Å². The van der Waals surface area contributed by atoms with Crippen molar-refractivity contribution in [2.75, 3.05) is 6.61 Å². The molecule has 2 N–H and O–H groups in total. The van der Waals surface area contributed by atoms with Gasteiger partial charge in [0.05, 0.1) is 0 Å². The average molecular weight is 251 g/mol. The zero-order chi connectivity index (χ0) is 13.5. The van der Waals surface area contributed by atoms with E-state index in [-0.39, 0.29) is 6.61 Å². The number of amides is 1. The van der Waals surface area contributed by atoms with Crippen LogP contribution in [0.15, 0.2) is 24.3 Å². The highest BCUT2D eigenvalue weighted by atomic mass is 16.5. The molecule has 0 bridgehead atoms. The van der Waals surface area contributed by atoms with Crippen LogP contribution in [0.3, 0.4) is 0 Å². The zero-order valence-corrected chi connectivity index (χ0v) is 10.5. The van der Waals surface area contributed by atoms with Gasteiger partial charge in [0.25, 0.3) is 0 Å². The molecule has 0 saturated heterocycles. The van der Waals surface area contributed by atoms with Crippen LogP contribution in [-0.2, 0) is 16.0 Å². The van der Waals surface area contributed by atoms with Gasteiger partial charge in [0, 0.05) is 6.92 Å². The number of rotatable bonds is 6. The quantitative estimate of drug-likeness (QED) is 0.797. The maximum absolute atomic E-state index is 10.9. The number of benzene rings is 1. The summed E-state index contributed by atoms with van der Waals surface area (Å²) in [5, 5.41) is 11.2. The molecule has 0 aliphatic carbocycles. The molecule has 1 aromatic carbocycles. The summed E-state index contributed by atoms with van der Waals surface area (Å²) in [5.41, 5.74) is 1.11. The van der Waals surface area contributed by atoms with E-state index in [2.05, 4.69) is 5.32 Å². The lowest BCUT2D eigenvalue weighted by Gasteiger charge is -2.14. The maximum Gasteiger partial charge on any atom is 0.329 e. The third kappa shape index (κ3) is 4.45. The summed E-state index contributed by atoms with van der Waals surface area (Å²) in [7, 11) is 0. The number of carbonyl (C=O) groups is 2. The van der Waals surface area contributed by atoms with Gasteiger partial charge in [-0.05, 0) is 24.1 Å². The van der Waals surface area contributed by atoms with Crippen molar-refractivity contribution in [2.45, 2.75) is 26.3 Å². The van der Waals surface area contributed by atoms with Crippen LogP contribution in [0, 0.1) is 0 Å². The van der Waals surface area contributed by atoms with E-state index in [1.54, 1.807) is 6.07 Å². The lowest BCUT2D eigenvalue weighted by molar-refractivity contribution is -0.142. The SMILES string of the molecule is CCc1cccc(OCC(NC(C)=O)C(=O)O)c1. The fourth-order valence-corrected chi connectivity index (χ4v) is 1.45. The number of ether oxygens (including phenoxy) is 1. The molecule has 1 amide bonds. The molecular weight excluding hydrogens is 234 g/mol. The van der Waals surface area contributed by atoms with E-state index in [0.717, 1.165) is 12.0 Å². The molecule has 0 heterocycles. The first-order chi connectivity index (χ1) is 8.52. The first-order valence-electron chi connectivity index (χ1n) is 5.74. The zero-order valence-electron chi connectivity index (χ0n) is 10.5. The van der Waals surface area contributed by atoms with Crippen LogP contribution in [0.1, 0.15) is 19.4 Å². The van der Waals surface area contributed by atoms with Gasteiger partial charge in [-0.2, -0.15) is 0 Å². The van der Waals surface area contributed by atoms with Gasteiger partial charge >= 0.3 is 5.97 Å². The van der Waals surface area contributed by atoms with Crippen LogP contribution in [0.5, 0.6) is 5.75 Å². The smallest absolute Gasteiger partial charge is 0.329 e. The van der Waals surface area contributed by atoms with Crippen LogP contribution >= 0.6 is 0 Å². The minimum Gasteiger partial charge on any atom is -0.491 e. The first-order valence-corrected chi connectivity index (χ1v) is 5.74. The molecule has 1 atom stereocenters. The van der Waals surface area contributed by atoms with Crippen molar-refractivity contribution in [3.05, 3.63) is 29.8 Å². The minimum atomic E-state index is -1.11. The van der Waals surface area contributed by atoms with Gasteiger partial charge in [0.2, 0.25) is 5.91 Å². The minimum absolute atomic E-state index is 0.0952. The standard InChI is InChI=1S/C13H17NO4/c1-3-10-5-4-6-11(7-10)18-8-12(13(16)17)14-9(2)15/h4-7,12H,3,8H2,1-2H3,(H,14,15)(H,16,17). The van der Waals surface area contributed by atoms with Crippen LogP contribution in [0.2, 0.25) is 0 Å². The molecule has 1 unspecified atom stereocenters. The molecule has 0 aromatic heterocycles. The summed E-state index contributed by atoms with van der Waals surface area (Å²) in [6.45, 7) is 3.20. The lowest BCUT2D eigenvalue weighted by Crippen LogP contribution is -2.43. The predicted molar refractivity (Wildman–Crippen MR) is 66.6 cm³/mol. The Hall–Kier alpha value is -2.04. The second-order valence-corrected chi connectivity index (χ2v) is 3.90. The van der Waals surface area contributed by atoms with E-state index in [4.69, 9.17) is 9.84 Å². The van der Waals surface area contributed by atoms with Crippen molar-refractivity contribution < 1.29 is 19.4 Å². The van der Waals surface area contributed by atoms with Crippen LogP contribution in [-0.4, -0.2) is 29.6 Å². The summed E-state index contributed by atoms with van der Waals surface area (Å²) in [6, 6.07) is 6.39. The van der Waals surface area contributed by atoms with E-state index in [1.807, 2.05) is 25.1 Å². The van der Waals surface area contributed by atoms with E-state index in [0.29, 0.717) is 5.75 Å². The second kappa shape index (κ2) is 6.64. The Labute approximate surface area is 106 Å². The third-order valence-corrected chi connectivity index (χ3v) is 2.40. The predicted octanol–water partition coefficient (Wildman–Crippen LogP) is 1.22. The van der Waals surface area contributed by atoms with E-state index in [1.165, 1.54) is 6.92 Å². The molecule has 0 aliphatic heterocycles. The van der Waals surface area contributed by atoms with Crippen molar-refractivity contribution >= 4 is 11.9 Å². The molecular formula is C13H17NO4. The molecule has 0 radical (unpaired) electrons. The van der Waals surface area contributed by atoms with Crippen LogP contribution < -0.4 is 10.1 Å². The van der Waals surface area contributed by atoms with Gasteiger partial charge in [0.1, 0.15) is 12.4 Å². The molecule has 5 nitrogen and oxygen atoms in total. The summed E-state index contributed by atoms with van der Waals surface area (Å²) < 4.78 is 5.38. The van der Waals surface area contributed by atoms with Gasteiger partial charge in [-0.25, -0.2) is 4.79 Å². The second-order valence-electron chi connectivity index (χ2n) is 3.90. The number of carboxylic acids is 1. The number of aryl methyl sites for hydroxylation is 1. The Morgan fingerprint density at radius 1 is 1.44 bits per heavy atom. The molecule has 1 rings (SSSR count). The fourth-order valence-electron chi connectivity index (χ4n) is 1.45. The lowest BCUT2D eigenvalue weighted by atomic mass is 10.2. The summed E-state index contributed by atoms with van der Waals surface area (Å²) >= 11 is 0. The molecule has 18 heavy (non-hydrogen) atoms. The van der Waals surface area contributed by atoms with Crippen molar-refractivity contribution in [3.63, 3.8) is 0 Å². The molecule has 0 saturated carbocycles. The largest absolute Gasteiger partial charge is 0.491 e. The van der Waals surface area contributed by atoms with E-state index < -0.39 is 17.9 Å². The van der Waals surface area contributed by atoms with Crippen molar-refractivity contribution in [1.82, 2.24) is 5.32 Å². The summed E-state index contributed by atoms with van der Waals surface area (Å²) in [4.78, 5) is 21.7. The molecule has 0 spiro atoms. The number of hydrogen-bond donors (Lipinski definition) is 2. The maximum atomic E-state index is 10.9. The van der Waals surface area contributed by atoms with Crippen LogP contribution in [0.4, 0.5) is 0 Å². The Morgan fingerprint density at radius 2 is 2.17 bits per heavy atom. The summed E-state index contributed by atoms with van der Waals surface area (Å²) in [5.74, 6) is -0.906. The monoisotopic (exact) mass is 251 g/mol. The molecule has 0 fully saturated rings. The Bertz CT molecular complexity index is 431. The van der Waals surface area contributed by atoms with E-state index in [9.17, 15) is 9.59 Å². The average Bonchev–Trinajstić information content (AvgIpc) is 2.34. The Morgan fingerprint density at radius 3 is 2.72 bits per heavy atom. The number of aliphatic carboxylic acids is 1. The molecule has 0 aliphatic rings. The highest BCUT2D eigenvalue weighted by molar-refractivity contribution is 5.82. The highest BCUT2D eigenvalue weighted by Crippen LogP contribution is 2.13. The van der Waals surface area contributed by atoms with Crippen molar-refractivity contribution in [1.29, 1.82) is 0 Å². The topological polar surface area (TPSA) is 75.6 Å². The van der Waals surface area contributed by atoms with Gasteiger partial charge < -0.3 is 15.2 Å². The normalized spacial score (nSPS) is 11.7. The molecule has 5 heteroatoms. The van der Waals surface area contributed by atoms with Gasteiger partial charge in [-0.15, -0.1) is 0 Å². The fraction of sp³-hybridized carbons (Fsp3) is 0.385. The van der Waals surface area contributed by atoms with Crippen LogP contribution in [0.25, 0.3) is 0 Å². The van der Waals surface area contributed by atoms with E-state index >= 15 is 0 Å². The molecule has 1 aromatic rings. The highest BCUT2D eigenvalue weighted by Gasteiger charge is 2.19.